The van der Waals surface area contributed by atoms with Gasteiger partial charge < -0.3 is 19.7 Å². The molecule has 140 valence electrons. The summed E-state index contributed by atoms with van der Waals surface area (Å²) in [6, 6.07) is 10.5. The number of carbonyl (C=O) groups is 1. The van der Waals surface area contributed by atoms with Crippen LogP contribution in [0.25, 0.3) is 0 Å². The first-order valence-corrected chi connectivity index (χ1v) is 9.07. The summed E-state index contributed by atoms with van der Waals surface area (Å²) in [7, 11) is 0. The van der Waals surface area contributed by atoms with Crippen LogP contribution in [0.4, 0.5) is 0 Å². The summed E-state index contributed by atoms with van der Waals surface area (Å²) >= 11 is 0. The number of phenols is 2. The summed E-state index contributed by atoms with van der Waals surface area (Å²) in [6.07, 6.45) is 7.28. The summed E-state index contributed by atoms with van der Waals surface area (Å²) in [5.74, 6) is -0.0525. The quantitative estimate of drug-likeness (QED) is 0.353. The molecule has 0 fully saturated rings. The molecule has 0 aromatic heterocycles. The number of benzene rings is 2. The van der Waals surface area contributed by atoms with Crippen LogP contribution in [0.5, 0.6) is 23.0 Å². The van der Waals surface area contributed by atoms with Crippen LogP contribution in [-0.2, 0) is 0 Å². The molecule has 0 spiro atoms. The molecule has 0 aliphatic heterocycles. The monoisotopic (exact) mass is 358 g/mol. The van der Waals surface area contributed by atoms with Crippen molar-refractivity contribution in [3.05, 3.63) is 48.0 Å². The Kier molecular flexibility index (Phi) is 7.80. The first kappa shape index (κ1) is 19.6. The van der Waals surface area contributed by atoms with Gasteiger partial charge >= 0.3 is 5.97 Å². The third-order valence-electron chi connectivity index (χ3n) is 4.00. The second-order valence-electron chi connectivity index (χ2n) is 6.18. The minimum atomic E-state index is -0.691. The average molecular weight is 358 g/mol. The van der Waals surface area contributed by atoms with E-state index in [4.69, 9.17) is 9.47 Å². The molecule has 0 atom stereocenters. The first-order chi connectivity index (χ1) is 12.6. The van der Waals surface area contributed by atoms with Gasteiger partial charge in [0, 0.05) is 6.07 Å². The molecular weight excluding hydrogens is 332 g/mol. The van der Waals surface area contributed by atoms with Crippen LogP contribution in [0.2, 0.25) is 0 Å². The summed E-state index contributed by atoms with van der Waals surface area (Å²) in [6.45, 7) is 2.88. The molecule has 0 aliphatic carbocycles. The molecule has 0 unspecified atom stereocenters. The third kappa shape index (κ3) is 6.31. The Morgan fingerprint density at radius 2 is 1.54 bits per heavy atom. The van der Waals surface area contributed by atoms with Gasteiger partial charge in [0.25, 0.3) is 0 Å². The van der Waals surface area contributed by atoms with E-state index in [2.05, 4.69) is 6.92 Å². The number of ether oxygens (including phenoxy) is 2. The molecule has 5 heteroatoms. The lowest BCUT2D eigenvalue weighted by Crippen LogP contribution is -2.08. The third-order valence-corrected chi connectivity index (χ3v) is 4.00. The van der Waals surface area contributed by atoms with Crippen LogP contribution in [0.15, 0.2) is 42.5 Å². The van der Waals surface area contributed by atoms with Crippen LogP contribution in [0.1, 0.15) is 55.8 Å². The number of hydrogen-bond acceptors (Lipinski definition) is 5. The second kappa shape index (κ2) is 10.3. The van der Waals surface area contributed by atoms with Crippen LogP contribution < -0.4 is 9.47 Å². The van der Waals surface area contributed by atoms with Crippen molar-refractivity contribution in [2.45, 2.75) is 45.4 Å². The van der Waals surface area contributed by atoms with Gasteiger partial charge in [-0.2, -0.15) is 0 Å². The smallest absolute Gasteiger partial charge is 0.347 e. The molecule has 2 N–H and O–H groups in total. The fourth-order valence-electron chi connectivity index (χ4n) is 2.53. The topological polar surface area (TPSA) is 76.0 Å². The molecule has 0 radical (unpaired) electrons. The minimum absolute atomic E-state index is 0.00815. The number of carbonyl (C=O) groups excluding carboxylic acids is 1. The maximum atomic E-state index is 12.1. The van der Waals surface area contributed by atoms with Crippen LogP contribution in [0, 0.1) is 0 Å². The molecule has 0 bridgehead atoms. The van der Waals surface area contributed by atoms with E-state index >= 15 is 0 Å². The average Bonchev–Trinajstić information content (AvgIpc) is 2.62. The van der Waals surface area contributed by atoms with Gasteiger partial charge in [0.05, 0.1) is 6.61 Å². The zero-order valence-electron chi connectivity index (χ0n) is 15.1. The Hall–Kier alpha value is -2.69. The van der Waals surface area contributed by atoms with Crippen molar-refractivity contribution in [2.24, 2.45) is 0 Å². The SMILES string of the molecule is CCCCCCCCOc1ccc(OC(=O)c2ccc(O)cc2O)cc1. The van der Waals surface area contributed by atoms with E-state index in [0.717, 1.165) is 18.2 Å². The summed E-state index contributed by atoms with van der Waals surface area (Å²) in [5, 5.41) is 18.9. The van der Waals surface area contributed by atoms with Crippen molar-refractivity contribution < 1.29 is 24.5 Å². The van der Waals surface area contributed by atoms with Crippen LogP contribution in [-0.4, -0.2) is 22.8 Å². The van der Waals surface area contributed by atoms with Crippen molar-refractivity contribution in [1.82, 2.24) is 0 Å². The number of rotatable bonds is 10. The molecule has 2 rings (SSSR count). The number of hydrogen-bond donors (Lipinski definition) is 2. The van der Waals surface area contributed by atoms with Gasteiger partial charge in [-0.05, 0) is 42.8 Å². The standard InChI is InChI=1S/C21H26O5/c1-2-3-4-5-6-7-14-25-17-9-11-18(12-10-17)26-21(24)19-13-8-16(22)15-20(19)23/h8-13,15,22-23H,2-7,14H2,1H3. The van der Waals surface area contributed by atoms with Crippen molar-refractivity contribution in [3.63, 3.8) is 0 Å². The summed E-state index contributed by atoms with van der Waals surface area (Å²) < 4.78 is 10.9. The lowest BCUT2D eigenvalue weighted by atomic mass is 10.1. The summed E-state index contributed by atoms with van der Waals surface area (Å²) in [4.78, 5) is 12.1. The molecule has 2 aromatic rings. The van der Waals surface area contributed by atoms with Crippen LogP contribution in [0.3, 0.4) is 0 Å². The predicted octanol–water partition coefficient (Wildman–Crippen LogP) is 5.06. The number of esters is 1. The van der Waals surface area contributed by atoms with Crippen LogP contribution >= 0.6 is 0 Å². The van der Waals surface area contributed by atoms with E-state index in [0.29, 0.717) is 12.4 Å². The zero-order valence-corrected chi connectivity index (χ0v) is 15.1. The Bertz CT molecular complexity index is 694. The van der Waals surface area contributed by atoms with Gasteiger partial charge in [0.15, 0.2) is 0 Å². The van der Waals surface area contributed by atoms with E-state index in [1.807, 2.05) is 0 Å². The Labute approximate surface area is 154 Å². The van der Waals surface area contributed by atoms with E-state index < -0.39 is 5.97 Å². The van der Waals surface area contributed by atoms with Gasteiger partial charge in [0.2, 0.25) is 0 Å². The largest absolute Gasteiger partial charge is 0.508 e. The highest BCUT2D eigenvalue weighted by Gasteiger charge is 2.14. The van der Waals surface area contributed by atoms with Crippen molar-refractivity contribution in [2.75, 3.05) is 6.61 Å². The van der Waals surface area contributed by atoms with E-state index in [1.165, 1.54) is 44.2 Å². The highest BCUT2D eigenvalue weighted by Crippen LogP contribution is 2.25. The number of phenolic OH excluding ortho intramolecular Hbond substituents is 2. The molecular formula is C21H26O5. The molecule has 5 nitrogen and oxygen atoms in total. The fourth-order valence-corrected chi connectivity index (χ4v) is 2.53. The van der Waals surface area contributed by atoms with E-state index in [1.54, 1.807) is 24.3 Å². The van der Waals surface area contributed by atoms with Gasteiger partial charge in [-0.25, -0.2) is 4.79 Å². The second-order valence-corrected chi connectivity index (χ2v) is 6.18. The van der Waals surface area contributed by atoms with Crippen molar-refractivity contribution >= 4 is 5.97 Å². The van der Waals surface area contributed by atoms with Gasteiger partial charge in [-0.15, -0.1) is 0 Å². The molecule has 0 saturated carbocycles. The number of unbranched alkanes of at least 4 members (excludes halogenated alkanes) is 5. The summed E-state index contributed by atoms with van der Waals surface area (Å²) in [5.41, 5.74) is -0.00815. The minimum Gasteiger partial charge on any atom is -0.508 e. The Balaban J connectivity index is 1.77. The highest BCUT2D eigenvalue weighted by atomic mass is 16.5. The lowest BCUT2D eigenvalue weighted by molar-refractivity contribution is 0.0731. The van der Waals surface area contributed by atoms with Gasteiger partial charge in [0.1, 0.15) is 28.6 Å². The molecule has 0 heterocycles. The van der Waals surface area contributed by atoms with Crippen molar-refractivity contribution in [1.29, 1.82) is 0 Å². The number of aromatic hydroxyl groups is 2. The Morgan fingerprint density at radius 1 is 0.885 bits per heavy atom. The van der Waals surface area contributed by atoms with Gasteiger partial charge in [-0.3, -0.25) is 0 Å². The highest BCUT2D eigenvalue weighted by molar-refractivity contribution is 5.94. The molecule has 0 amide bonds. The Morgan fingerprint density at radius 3 is 2.23 bits per heavy atom. The fraction of sp³-hybridized carbons (Fsp3) is 0.381. The molecule has 2 aromatic carbocycles. The zero-order chi connectivity index (χ0) is 18.8. The lowest BCUT2D eigenvalue weighted by Gasteiger charge is -2.08. The maximum Gasteiger partial charge on any atom is 0.347 e. The molecule has 26 heavy (non-hydrogen) atoms. The molecule has 0 saturated heterocycles. The van der Waals surface area contributed by atoms with E-state index in [9.17, 15) is 15.0 Å². The van der Waals surface area contributed by atoms with E-state index in [-0.39, 0.29) is 17.1 Å². The predicted molar refractivity (Wildman–Crippen MR) is 100 cm³/mol. The van der Waals surface area contributed by atoms with Crippen molar-refractivity contribution in [3.8, 4) is 23.0 Å². The van der Waals surface area contributed by atoms with Gasteiger partial charge in [-0.1, -0.05) is 39.0 Å². The normalized spacial score (nSPS) is 10.5. The first-order valence-electron chi connectivity index (χ1n) is 9.07. The molecule has 0 aliphatic rings. The maximum absolute atomic E-state index is 12.1.